The Balaban J connectivity index is 1.63. The predicted molar refractivity (Wildman–Crippen MR) is 140 cm³/mol. The van der Waals surface area contributed by atoms with E-state index in [-0.39, 0.29) is 18.0 Å². The Bertz CT molecular complexity index is 1200. The topological polar surface area (TPSA) is 105 Å². The number of carbonyl (C=O) groups excluding carboxylic acids is 2. The molecule has 2 fully saturated rings. The first-order valence-corrected chi connectivity index (χ1v) is 13.7. The first kappa shape index (κ1) is 25.5. The lowest BCUT2D eigenvalue weighted by atomic mass is 9.85. The first-order chi connectivity index (χ1) is 17.8. The van der Waals surface area contributed by atoms with E-state index in [0.717, 1.165) is 80.3 Å². The van der Waals surface area contributed by atoms with Crippen LogP contribution in [0.1, 0.15) is 88.6 Å². The summed E-state index contributed by atoms with van der Waals surface area (Å²) in [6.45, 7) is 5.49. The number of ether oxygens (including phenoxy) is 1. The second kappa shape index (κ2) is 10.3. The Morgan fingerprint density at radius 1 is 1.08 bits per heavy atom. The maximum absolute atomic E-state index is 13.6. The van der Waals surface area contributed by atoms with Crippen molar-refractivity contribution in [3.8, 4) is 0 Å². The molecule has 2 aliphatic heterocycles. The minimum absolute atomic E-state index is 0.00762. The van der Waals surface area contributed by atoms with Crippen LogP contribution in [0.25, 0.3) is 11.0 Å². The van der Waals surface area contributed by atoms with Gasteiger partial charge in [-0.25, -0.2) is 9.78 Å². The summed E-state index contributed by atoms with van der Waals surface area (Å²) in [5.74, 6) is -0.803. The van der Waals surface area contributed by atoms with E-state index in [4.69, 9.17) is 9.72 Å². The molecule has 1 aromatic carbocycles. The van der Waals surface area contributed by atoms with Crippen molar-refractivity contribution in [3.05, 3.63) is 23.5 Å². The van der Waals surface area contributed by atoms with Crippen molar-refractivity contribution in [2.24, 2.45) is 5.92 Å². The number of imidazole rings is 1. The summed E-state index contributed by atoms with van der Waals surface area (Å²) < 4.78 is 7.24. The molecule has 3 aliphatic rings. The van der Waals surface area contributed by atoms with Crippen molar-refractivity contribution in [3.63, 3.8) is 0 Å². The number of benzene rings is 1. The number of aliphatic carboxylic acids is 1. The number of hydrogen-bond donors (Lipinski definition) is 1. The average Bonchev–Trinajstić information content (AvgIpc) is 3.32. The van der Waals surface area contributed by atoms with Gasteiger partial charge in [0.1, 0.15) is 5.82 Å². The van der Waals surface area contributed by atoms with Crippen molar-refractivity contribution in [1.82, 2.24) is 14.5 Å². The smallest absolute Gasteiger partial charge is 0.414 e. The standard InChI is InChI=1S/C28H38N4O5/c1-17-10-11-21-22(31(17)28(36)37-3)12-13-23-24(21)29-25(18(2)26(33)30-14-5-4-6-15-30)32(23)20-9-7-8-19(16-20)27(34)35/h12-13,17-20H,4-11,14-16H2,1-3H3,(H,34,35)/t17-,18-,19+,20+/m0/s1. The number of fused-ring (bicyclic) bond motifs is 3. The second-order valence-electron chi connectivity index (χ2n) is 11.0. The van der Waals surface area contributed by atoms with Gasteiger partial charge in [-0.1, -0.05) is 6.42 Å². The second-order valence-corrected chi connectivity index (χ2v) is 11.0. The van der Waals surface area contributed by atoms with Crippen molar-refractivity contribution in [2.45, 2.75) is 89.6 Å². The molecule has 1 N–H and O–H groups in total. The summed E-state index contributed by atoms with van der Waals surface area (Å²) in [7, 11) is 1.39. The lowest BCUT2D eigenvalue weighted by molar-refractivity contribution is -0.143. The van der Waals surface area contributed by atoms with E-state index in [1.165, 1.54) is 7.11 Å². The lowest BCUT2D eigenvalue weighted by Crippen LogP contribution is -2.42. The number of hydrogen-bond acceptors (Lipinski definition) is 5. The van der Waals surface area contributed by atoms with Crippen molar-refractivity contribution in [1.29, 1.82) is 0 Å². The van der Waals surface area contributed by atoms with Gasteiger partial charge in [-0.2, -0.15) is 0 Å². The number of carbonyl (C=O) groups is 3. The van der Waals surface area contributed by atoms with Gasteiger partial charge in [-0.15, -0.1) is 0 Å². The number of carboxylic acids is 1. The number of methoxy groups -OCH3 is 1. The molecule has 0 radical (unpaired) electrons. The van der Waals surface area contributed by atoms with Crippen LogP contribution in [0, 0.1) is 5.92 Å². The van der Waals surface area contributed by atoms with Gasteiger partial charge in [0.25, 0.3) is 0 Å². The summed E-state index contributed by atoms with van der Waals surface area (Å²) in [4.78, 5) is 46.9. The number of nitrogens with zero attached hydrogens (tertiary/aromatic N) is 4. The molecule has 0 unspecified atom stereocenters. The van der Waals surface area contributed by atoms with E-state index in [2.05, 4.69) is 4.57 Å². The highest BCUT2D eigenvalue weighted by Crippen LogP contribution is 2.42. The zero-order valence-corrected chi connectivity index (χ0v) is 22.1. The van der Waals surface area contributed by atoms with Crippen LogP contribution in [0.4, 0.5) is 10.5 Å². The van der Waals surface area contributed by atoms with E-state index in [9.17, 15) is 19.5 Å². The highest BCUT2D eigenvalue weighted by Gasteiger charge is 2.36. The van der Waals surface area contributed by atoms with Crippen LogP contribution < -0.4 is 4.90 Å². The number of rotatable bonds is 4. The van der Waals surface area contributed by atoms with Crippen molar-refractivity contribution < 1.29 is 24.2 Å². The molecule has 3 heterocycles. The third-order valence-electron chi connectivity index (χ3n) is 8.64. The van der Waals surface area contributed by atoms with Gasteiger partial charge >= 0.3 is 12.1 Å². The molecule has 4 atom stereocenters. The molecule has 9 nitrogen and oxygen atoms in total. The van der Waals surface area contributed by atoms with Gasteiger partial charge in [-0.05, 0) is 77.3 Å². The van der Waals surface area contributed by atoms with Gasteiger partial charge < -0.3 is 19.3 Å². The third kappa shape index (κ3) is 4.57. The fourth-order valence-corrected chi connectivity index (χ4v) is 6.60. The summed E-state index contributed by atoms with van der Waals surface area (Å²) in [5, 5.41) is 9.76. The normalized spacial score (nSPS) is 25.0. The van der Waals surface area contributed by atoms with Crippen LogP contribution in [0.3, 0.4) is 0 Å². The number of aryl methyl sites for hydroxylation is 1. The van der Waals surface area contributed by atoms with Crippen LogP contribution in [-0.2, 0) is 20.7 Å². The molecular weight excluding hydrogens is 472 g/mol. The molecule has 200 valence electrons. The zero-order chi connectivity index (χ0) is 26.3. The Morgan fingerprint density at radius 3 is 2.54 bits per heavy atom. The fourth-order valence-electron chi connectivity index (χ4n) is 6.60. The minimum Gasteiger partial charge on any atom is -0.481 e. The van der Waals surface area contributed by atoms with Gasteiger partial charge in [0.05, 0.1) is 35.7 Å². The summed E-state index contributed by atoms with van der Waals surface area (Å²) >= 11 is 0. The molecule has 2 aromatic rings. The molecular formula is C28H38N4O5. The molecule has 0 spiro atoms. The number of likely N-dealkylation sites (tertiary alicyclic amines) is 1. The van der Waals surface area contributed by atoms with Gasteiger partial charge in [0, 0.05) is 30.7 Å². The molecule has 1 saturated carbocycles. The van der Waals surface area contributed by atoms with Crippen LogP contribution in [-0.4, -0.2) is 63.8 Å². The third-order valence-corrected chi connectivity index (χ3v) is 8.64. The van der Waals surface area contributed by atoms with E-state index < -0.39 is 23.9 Å². The monoisotopic (exact) mass is 510 g/mol. The Hall–Kier alpha value is -3.10. The summed E-state index contributed by atoms with van der Waals surface area (Å²) in [5.41, 5.74) is 3.52. The fraction of sp³-hybridized carbons (Fsp3) is 0.643. The zero-order valence-electron chi connectivity index (χ0n) is 22.1. The van der Waals surface area contributed by atoms with Crippen LogP contribution in [0.5, 0.6) is 0 Å². The molecule has 9 heteroatoms. The Kier molecular flexibility index (Phi) is 7.14. The number of anilines is 1. The minimum atomic E-state index is -0.756. The quantitative estimate of drug-likeness (QED) is 0.629. The van der Waals surface area contributed by atoms with Crippen LogP contribution in [0.15, 0.2) is 12.1 Å². The number of amides is 2. The largest absolute Gasteiger partial charge is 0.481 e. The molecule has 2 amide bonds. The van der Waals surface area contributed by atoms with E-state index >= 15 is 0 Å². The number of piperidine rings is 1. The highest BCUT2D eigenvalue weighted by atomic mass is 16.5. The molecule has 1 saturated heterocycles. The highest BCUT2D eigenvalue weighted by molar-refractivity contribution is 5.96. The van der Waals surface area contributed by atoms with E-state index in [0.29, 0.717) is 18.7 Å². The van der Waals surface area contributed by atoms with Gasteiger partial charge in [0.2, 0.25) is 5.91 Å². The molecule has 1 aromatic heterocycles. The van der Waals surface area contributed by atoms with Crippen LogP contribution in [0.2, 0.25) is 0 Å². The van der Waals surface area contributed by atoms with Crippen molar-refractivity contribution >= 4 is 34.7 Å². The number of carboxylic acid groups (broad SMARTS) is 1. The predicted octanol–water partition coefficient (Wildman–Crippen LogP) is 4.88. The molecule has 1 aliphatic carbocycles. The Labute approximate surface area is 217 Å². The molecule has 5 rings (SSSR count). The van der Waals surface area contributed by atoms with Gasteiger partial charge in [-0.3, -0.25) is 14.5 Å². The first-order valence-electron chi connectivity index (χ1n) is 13.7. The van der Waals surface area contributed by atoms with Gasteiger partial charge in [0.15, 0.2) is 0 Å². The molecule has 0 bridgehead atoms. The SMILES string of the molecule is COC(=O)N1c2ccc3c(nc([C@H](C)C(=O)N4CCCCC4)n3[C@@H]3CCC[C@@H](C(=O)O)C3)c2CC[C@@H]1C. The Morgan fingerprint density at radius 2 is 1.84 bits per heavy atom. The summed E-state index contributed by atoms with van der Waals surface area (Å²) in [6, 6.07) is 3.92. The molecule has 37 heavy (non-hydrogen) atoms. The van der Waals surface area contributed by atoms with E-state index in [1.54, 1.807) is 4.90 Å². The van der Waals surface area contributed by atoms with E-state index in [1.807, 2.05) is 30.9 Å². The maximum Gasteiger partial charge on any atom is 0.414 e. The average molecular weight is 511 g/mol. The summed E-state index contributed by atoms with van der Waals surface area (Å²) in [6.07, 6.45) is 7.25. The van der Waals surface area contributed by atoms with Crippen molar-refractivity contribution in [2.75, 3.05) is 25.1 Å². The number of aromatic nitrogens is 2. The maximum atomic E-state index is 13.6. The van der Waals surface area contributed by atoms with Crippen LogP contribution >= 0.6 is 0 Å². The lowest BCUT2D eigenvalue weighted by Gasteiger charge is -2.34.